The summed E-state index contributed by atoms with van der Waals surface area (Å²) in [7, 11) is 1.64. The zero-order valence-corrected chi connectivity index (χ0v) is 11.0. The lowest BCUT2D eigenvalue weighted by Crippen LogP contribution is -2.37. The molecule has 0 aliphatic heterocycles. The molecule has 0 spiro atoms. The van der Waals surface area contributed by atoms with Gasteiger partial charge in [0, 0.05) is 24.3 Å². The molecule has 1 N–H and O–H groups in total. The number of methoxy groups -OCH3 is 1. The first-order valence-corrected chi connectivity index (χ1v) is 6.42. The Hall–Kier alpha value is -1.71. The fourth-order valence-electron chi connectivity index (χ4n) is 2.04. The molecule has 0 radical (unpaired) electrons. The van der Waals surface area contributed by atoms with Gasteiger partial charge in [0.05, 0.1) is 13.7 Å². The molecule has 4 heteroatoms. The Bertz CT molecular complexity index is 416. The minimum atomic E-state index is 0.169. The van der Waals surface area contributed by atoms with E-state index in [1.165, 1.54) is 0 Å². The van der Waals surface area contributed by atoms with Gasteiger partial charge in [-0.2, -0.15) is 0 Å². The molecule has 1 aromatic rings. The number of nitrogens with zero attached hydrogens (tertiary/aromatic N) is 1. The summed E-state index contributed by atoms with van der Waals surface area (Å²) in [6.45, 7) is 3.17. The largest absolute Gasteiger partial charge is 0.497 e. The van der Waals surface area contributed by atoms with Crippen molar-refractivity contribution in [2.45, 2.75) is 25.8 Å². The number of likely N-dealkylation sites (N-methyl/N-ethyl adjacent to an activating group) is 1. The highest BCUT2D eigenvalue weighted by Crippen LogP contribution is 2.26. The molecule has 0 heterocycles. The van der Waals surface area contributed by atoms with Crippen molar-refractivity contribution in [1.29, 1.82) is 0 Å². The first-order chi connectivity index (χ1) is 8.74. The van der Waals surface area contributed by atoms with Crippen molar-refractivity contribution in [3.8, 4) is 5.75 Å². The van der Waals surface area contributed by atoms with Crippen LogP contribution >= 0.6 is 0 Å². The van der Waals surface area contributed by atoms with E-state index in [9.17, 15) is 4.79 Å². The van der Waals surface area contributed by atoms with Crippen LogP contribution in [0.2, 0.25) is 0 Å². The molecule has 1 aliphatic carbocycles. The highest BCUT2D eigenvalue weighted by Gasteiger charge is 2.30. The fourth-order valence-corrected chi connectivity index (χ4v) is 2.04. The van der Waals surface area contributed by atoms with E-state index in [2.05, 4.69) is 5.32 Å². The van der Waals surface area contributed by atoms with Crippen LogP contribution in [-0.4, -0.2) is 37.0 Å². The summed E-state index contributed by atoms with van der Waals surface area (Å²) in [5.74, 6) is 0.963. The van der Waals surface area contributed by atoms with E-state index in [1.807, 2.05) is 36.1 Å². The zero-order chi connectivity index (χ0) is 13.0. The molecule has 0 unspecified atom stereocenters. The summed E-state index contributed by atoms with van der Waals surface area (Å²) in [6.07, 6.45) is 2.30. The highest BCUT2D eigenvalue weighted by molar-refractivity contribution is 5.81. The number of hydrogen-bond acceptors (Lipinski definition) is 3. The molecule has 2 rings (SSSR count). The summed E-state index contributed by atoms with van der Waals surface area (Å²) < 4.78 is 5.14. The summed E-state index contributed by atoms with van der Waals surface area (Å²) in [4.78, 5) is 14.0. The summed E-state index contributed by atoms with van der Waals surface area (Å²) in [5, 5.41) is 3.15. The zero-order valence-electron chi connectivity index (χ0n) is 11.0. The Morgan fingerprint density at radius 2 is 2.28 bits per heavy atom. The van der Waals surface area contributed by atoms with Crippen molar-refractivity contribution in [2.75, 3.05) is 25.5 Å². The van der Waals surface area contributed by atoms with Gasteiger partial charge in [-0.15, -0.1) is 0 Å². The Labute approximate surface area is 108 Å². The van der Waals surface area contributed by atoms with Crippen LogP contribution in [0, 0.1) is 0 Å². The Balaban J connectivity index is 1.87. The summed E-state index contributed by atoms with van der Waals surface area (Å²) in [5.41, 5.74) is 0.912. The lowest BCUT2D eigenvalue weighted by atomic mass is 10.3. The second kappa shape index (κ2) is 5.76. The molecule has 18 heavy (non-hydrogen) atoms. The van der Waals surface area contributed by atoms with E-state index in [0.717, 1.165) is 30.8 Å². The molecule has 1 saturated carbocycles. The molecule has 0 aromatic heterocycles. The Morgan fingerprint density at radius 3 is 2.89 bits per heavy atom. The standard InChI is InChI=1S/C14H20N2O2/c1-3-16(12-7-8-12)14(17)10-15-11-5-4-6-13(9-11)18-2/h4-6,9,12,15H,3,7-8,10H2,1-2H3. The normalized spacial score (nSPS) is 14.1. The molecule has 98 valence electrons. The average molecular weight is 248 g/mol. The van der Waals surface area contributed by atoms with E-state index in [0.29, 0.717) is 12.6 Å². The Kier molecular flexibility index (Phi) is 4.07. The van der Waals surface area contributed by atoms with Crippen LogP contribution in [0.1, 0.15) is 19.8 Å². The lowest BCUT2D eigenvalue weighted by molar-refractivity contribution is -0.129. The van der Waals surface area contributed by atoms with Crippen LogP contribution in [-0.2, 0) is 4.79 Å². The number of nitrogens with one attached hydrogen (secondary N) is 1. The number of benzene rings is 1. The quantitative estimate of drug-likeness (QED) is 0.838. The third kappa shape index (κ3) is 3.15. The minimum Gasteiger partial charge on any atom is -0.497 e. The number of ether oxygens (including phenoxy) is 1. The maximum Gasteiger partial charge on any atom is 0.242 e. The van der Waals surface area contributed by atoms with Crippen LogP contribution in [0.5, 0.6) is 5.75 Å². The SMILES string of the molecule is CCN(C(=O)CNc1cccc(OC)c1)C1CC1. The molecule has 1 aliphatic rings. The molecule has 0 saturated heterocycles. The molecule has 4 nitrogen and oxygen atoms in total. The second-order valence-electron chi connectivity index (χ2n) is 4.50. The van der Waals surface area contributed by atoms with Gasteiger partial charge in [0.25, 0.3) is 0 Å². The van der Waals surface area contributed by atoms with Crippen molar-refractivity contribution in [2.24, 2.45) is 0 Å². The first kappa shape index (κ1) is 12.7. The molecule has 1 fully saturated rings. The van der Waals surface area contributed by atoms with Crippen LogP contribution in [0.4, 0.5) is 5.69 Å². The van der Waals surface area contributed by atoms with Crippen molar-refractivity contribution >= 4 is 11.6 Å². The van der Waals surface area contributed by atoms with Gasteiger partial charge < -0.3 is 15.0 Å². The lowest BCUT2D eigenvalue weighted by Gasteiger charge is -2.20. The Morgan fingerprint density at radius 1 is 1.50 bits per heavy atom. The van der Waals surface area contributed by atoms with Crippen molar-refractivity contribution in [3.63, 3.8) is 0 Å². The van der Waals surface area contributed by atoms with Gasteiger partial charge >= 0.3 is 0 Å². The topological polar surface area (TPSA) is 41.6 Å². The minimum absolute atomic E-state index is 0.169. The maximum absolute atomic E-state index is 12.0. The number of hydrogen-bond donors (Lipinski definition) is 1. The van der Waals surface area contributed by atoms with Crippen LogP contribution < -0.4 is 10.1 Å². The van der Waals surface area contributed by atoms with E-state index in [1.54, 1.807) is 7.11 Å². The van der Waals surface area contributed by atoms with E-state index >= 15 is 0 Å². The smallest absolute Gasteiger partial charge is 0.242 e. The predicted molar refractivity (Wildman–Crippen MR) is 71.9 cm³/mol. The van der Waals surface area contributed by atoms with Gasteiger partial charge in [-0.25, -0.2) is 0 Å². The number of carbonyl (C=O) groups excluding carboxylic acids is 1. The van der Waals surface area contributed by atoms with Gasteiger partial charge in [-0.1, -0.05) is 6.07 Å². The number of rotatable bonds is 6. The maximum atomic E-state index is 12.0. The van der Waals surface area contributed by atoms with Gasteiger partial charge in [0.1, 0.15) is 5.75 Å². The highest BCUT2D eigenvalue weighted by atomic mass is 16.5. The predicted octanol–water partition coefficient (Wildman–Crippen LogP) is 2.12. The van der Waals surface area contributed by atoms with Crippen molar-refractivity contribution < 1.29 is 9.53 Å². The van der Waals surface area contributed by atoms with Crippen molar-refractivity contribution in [3.05, 3.63) is 24.3 Å². The number of anilines is 1. The molecule has 1 aromatic carbocycles. The van der Waals surface area contributed by atoms with Crippen LogP contribution in [0.3, 0.4) is 0 Å². The second-order valence-corrected chi connectivity index (χ2v) is 4.50. The van der Waals surface area contributed by atoms with Gasteiger partial charge in [0.15, 0.2) is 0 Å². The van der Waals surface area contributed by atoms with Gasteiger partial charge in [0.2, 0.25) is 5.91 Å². The van der Waals surface area contributed by atoms with Gasteiger partial charge in [-0.3, -0.25) is 4.79 Å². The van der Waals surface area contributed by atoms with Crippen LogP contribution in [0.15, 0.2) is 24.3 Å². The molecular formula is C14H20N2O2. The third-order valence-corrected chi connectivity index (χ3v) is 3.16. The van der Waals surface area contributed by atoms with E-state index in [4.69, 9.17) is 4.74 Å². The first-order valence-electron chi connectivity index (χ1n) is 6.42. The summed E-state index contributed by atoms with van der Waals surface area (Å²) in [6, 6.07) is 8.10. The molecule has 1 amide bonds. The average Bonchev–Trinajstić information content (AvgIpc) is 3.22. The monoisotopic (exact) mass is 248 g/mol. The fraction of sp³-hybridized carbons (Fsp3) is 0.500. The van der Waals surface area contributed by atoms with E-state index in [-0.39, 0.29) is 5.91 Å². The van der Waals surface area contributed by atoms with Crippen LogP contribution in [0.25, 0.3) is 0 Å². The van der Waals surface area contributed by atoms with Gasteiger partial charge in [-0.05, 0) is 31.9 Å². The van der Waals surface area contributed by atoms with Crippen molar-refractivity contribution in [1.82, 2.24) is 4.90 Å². The summed E-state index contributed by atoms with van der Waals surface area (Å²) >= 11 is 0. The molecule has 0 atom stereocenters. The number of amides is 1. The molecule has 0 bridgehead atoms. The van der Waals surface area contributed by atoms with E-state index < -0.39 is 0 Å². The molecular weight excluding hydrogens is 228 g/mol. The third-order valence-electron chi connectivity index (χ3n) is 3.16. The number of carbonyl (C=O) groups is 1.